The molecule has 0 fully saturated rings. The summed E-state index contributed by atoms with van der Waals surface area (Å²) in [5.74, 6) is 6.60. The van der Waals surface area contributed by atoms with E-state index in [-0.39, 0.29) is 0 Å². The summed E-state index contributed by atoms with van der Waals surface area (Å²) in [6.07, 6.45) is 0.734. The lowest BCUT2D eigenvalue weighted by Gasteiger charge is -1.93. The summed E-state index contributed by atoms with van der Waals surface area (Å²) in [5.41, 5.74) is 5.36. The first-order valence-corrected chi connectivity index (χ1v) is 4.72. The van der Waals surface area contributed by atoms with E-state index in [4.69, 9.17) is 16.0 Å². The molecular weight excluding hydrogens is 190 g/mol. The van der Waals surface area contributed by atoms with Crippen LogP contribution in [-0.2, 0) is 12.2 Å². The van der Waals surface area contributed by atoms with Gasteiger partial charge >= 0.3 is 0 Å². The molecular formula is C6H11N5OS. The molecule has 0 saturated carbocycles. The third-order valence-corrected chi connectivity index (χ3v) is 2.07. The number of aryl methyl sites for hydroxylation is 1. The molecule has 4 N–H and O–H groups in total. The molecule has 0 atom stereocenters. The molecule has 6 nitrogen and oxygen atoms in total. The largest absolute Gasteiger partial charge is 0.424 e. The quantitative estimate of drug-likeness (QED) is 0.310. The molecule has 1 heterocycles. The van der Waals surface area contributed by atoms with Crippen LogP contribution < -0.4 is 11.6 Å². The van der Waals surface area contributed by atoms with Crippen molar-refractivity contribution in [1.29, 1.82) is 0 Å². The Labute approximate surface area is 79.8 Å². The van der Waals surface area contributed by atoms with Crippen molar-refractivity contribution in [2.75, 3.05) is 0 Å². The number of rotatable bonds is 3. The van der Waals surface area contributed by atoms with Gasteiger partial charge < -0.3 is 16.0 Å². The second-order valence-corrected chi connectivity index (χ2v) is 3.19. The van der Waals surface area contributed by atoms with Crippen molar-refractivity contribution < 1.29 is 4.42 Å². The number of amidine groups is 1. The summed E-state index contributed by atoms with van der Waals surface area (Å²) in [6, 6.07) is 0. The zero-order valence-corrected chi connectivity index (χ0v) is 8.04. The fraction of sp³-hybridized carbons (Fsp3) is 0.500. The highest BCUT2D eigenvalue weighted by Gasteiger charge is 2.04. The molecule has 7 heteroatoms. The van der Waals surface area contributed by atoms with E-state index >= 15 is 0 Å². The molecule has 0 aliphatic carbocycles. The van der Waals surface area contributed by atoms with Gasteiger partial charge in [-0.15, -0.1) is 10.2 Å². The van der Waals surface area contributed by atoms with Crippen molar-refractivity contribution in [3.05, 3.63) is 11.8 Å². The third-order valence-electron chi connectivity index (χ3n) is 1.28. The maximum absolute atomic E-state index is 5.36. The van der Waals surface area contributed by atoms with Crippen LogP contribution in [0.1, 0.15) is 18.7 Å². The summed E-state index contributed by atoms with van der Waals surface area (Å²) in [5, 5.41) is 11.2. The average molecular weight is 201 g/mol. The minimum absolute atomic E-state index is 0.302. The molecule has 13 heavy (non-hydrogen) atoms. The Bertz CT molecular complexity index is 297. The van der Waals surface area contributed by atoms with Crippen molar-refractivity contribution in [3.63, 3.8) is 0 Å². The van der Waals surface area contributed by atoms with Gasteiger partial charge in [-0.1, -0.05) is 18.7 Å². The van der Waals surface area contributed by atoms with Gasteiger partial charge in [0.25, 0.3) is 0 Å². The fourth-order valence-electron chi connectivity index (χ4n) is 0.663. The Morgan fingerprint density at radius 1 is 1.54 bits per heavy atom. The first-order valence-electron chi connectivity index (χ1n) is 3.73. The van der Waals surface area contributed by atoms with E-state index in [9.17, 15) is 0 Å². The van der Waals surface area contributed by atoms with Crippen LogP contribution in [0.15, 0.2) is 9.52 Å². The summed E-state index contributed by atoms with van der Waals surface area (Å²) < 4.78 is 5.23. The number of aromatic nitrogens is 2. The van der Waals surface area contributed by atoms with E-state index < -0.39 is 0 Å². The maximum Gasteiger partial charge on any atom is 0.226 e. The predicted octanol–water partition coefficient (Wildman–Crippen LogP) is 0.0536. The average Bonchev–Trinajstić information content (AvgIpc) is 2.61. The topological polar surface area (TPSA) is 103 Å². The highest BCUT2D eigenvalue weighted by atomic mass is 32.2. The molecule has 1 aromatic heterocycles. The molecule has 0 unspecified atom stereocenters. The Kier molecular flexibility index (Phi) is 3.56. The Hall–Kier alpha value is -1.24. The number of nitrogens with zero attached hydrogens (tertiary/aromatic N) is 3. The highest BCUT2D eigenvalue weighted by molar-refractivity contribution is 8.13. The molecule has 0 amide bonds. The first-order chi connectivity index (χ1) is 6.26. The second kappa shape index (κ2) is 4.70. The Morgan fingerprint density at radius 3 is 2.77 bits per heavy atom. The summed E-state index contributed by atoms with van der Waals surface area (Å²) in [4.78, 5) is 0. The lowest BCUT2D eigenvalue weighted by atomic mass is 10.5. The van der Waals surface area contributed by atoms with Crippen molar-refractivity contribution >= 4 is 16.9 Å². The van der Waals surface area contributed by atoms with Crippen molar-refractivity contribution in [3.8, 4) is 0 Å². The van der Waals surface area contributed by atoms with Crippen LogP contribution in [0.5, 0.6) is 0 Å². The standard InChI is InChI=1S/C6H11N5OS/c1-2-4-10-11-5(12-4)3-13-6(7)9-8/h2-3,8H2,1H3,(H2,7,9). The van der Waals surface area contributed by atoms with E-state index in [1.54, 1.807) is 0 Å². The van der Waals surface area contributed by atoms with E-state index in [0.717, 1.165) is 6.42 Å². The van der Waals surface area contributed by atoms with Gasteiger partial charge in [-0.25, -0.2) is 0 Å². The molecule has 0 aromatic carbocycles. The molecule has 0 spiro atoms. The lowest BCUT2D eigenvalue weighted by Crippen LogP contribution is -2.09. The smallest absolute Gasteiger partial charge is 0.226 e. The van der Waals surface area contributed by atoms with Gasteiger partial charge in [0, 0.05) is 6.42 Å². The minimum Gasteiger partial charge on any atom is -0.424 e. The first kappa shape index (κ1) is 9.85. The number of hydrogen-bond donors (Lipinski definition) is 2. The van der Waals surface area contributed by atoms with Crippen LogP contribution in [0.2, 0.25) is 0 Å². The molecule has 0 bridgehead atoms. The summed E-state index contributed by atoms with van der Waals surface area (Å²) >= 11 is 1.26. The zero-order chi connectivity index (χ0) is 9.68. The van der Waals surface area contributed by atoms with Crippen molar-refractivity contribution in [2.45, 2.75) is 19.1 Å². The van der Waals surface area contributed by atoms with E-state index in [1.165, 1.54) is 11.8 Å². The number of hydrazone groups is 1. The minimum atomic E-state index is 0.302. The van der Waals surface area contributed by atoms with Gasteiger partial charge in [-0.05, 0) is 0 Å². The highest BCUT2D eigenvalue weighted by Crippen LogP contribution is 2.10. The van der Waals surface area contributed by atoms with E-state index in [2.05, 4.69) is 15.3 Å². The van der Waals surface area contributed by atoms with Crippen LogP contribution >= 0.6 is 11.8 Å². The molecule has 0 aliphatic rings. The zero-order valence-electron chi connectivity index (χ0n) is 7.23. The van der Waals surface area contributed by atoms with Gasteiger partial charge in [0.05, 0.1) is 5.75 Å². The second-order valence-electron chi connectivity index (χ2n) is 2.20. The third kappa shape index (κ3) is 2.94. The normalized spacial score (nSPS) is 11.9. The van der Waals surface area contributed by atoms with Gasteiger partial charge in [0.1, 0.15) is 0 Å². The van der Waals surface area contributed by atoms with Crippen molar-refractivity contribution in [2.24, 2.45) is 16.7 Å². The van der Waals surface area contributed by atoms with Crippen LogP contribution in [0.3, 0.4) is 0 Å². The molecule has 72 valence electrons. The molecule has 0 radical (unpaired) electrons. The summed E-state index contributed by atoms with van der Waals surface area (Å²) in [7, 11) is 0. The van der Waals surface area contributed by atoms with Gasteiger partial charge in [-0.2, -0.15) is 5.10 Å². The molecule has 1 aromatic rings. The van der Waals surface area contributed by atoms with E-state index in [0.29, 0.717) is 22.7 Å². The number of nitrogens with two attached hydrogens (primary N) is 2. The molecule has 0 aliphatic heterocycles. The lowest BCUT2D eigenvalue weighted by molar-refractivity contribution is 0.470. The monoisotopic (exact) mass is 201 g/mol. The maximum atomic E-state index is 5.36. The van der Waals surface area contributed by atoms with Gasteiger partial charge in [0.2, 0.25) is 11.8 Å². The predicted molar refractivity (Wildman–Crippen MR) is 50.8 cm³/mol. The molecule has 1 rings (SSSR count). The van der Waals surface area contributed by atoms with E-state index in [1.807, 2.05) is 6.92 Å². The SMILES string of the molecule is CCc1nnc(CSC(N)=NN)o1. The van der Waals surface area contributed by atoms with Gasteiger partial charge in [-0.3, -0.25) is 0 Å². The van der Waals surface area contributed by atoms with Crippen molar-refractivity contribution in [1.82, 2.24) is 10.2 Å². The number of thioether (sulfide) groups is 1. The molecule has 0 saturated heterocycles. The fourth-order valence-corrected chi connectivity index (χ4v) is 1.13. The number of hydrogen-bond acceptors (Lipinski definition) is 6. The van der Waals surface area contributed by atoms with Crippen LogP contribution in [0.4, 0.5) is 0 Å². The van der Waals surface area contributed by atoms with Gasteiger partial charge in [0.15, 0.2) is 5.17 Å². The van der Waals surface area contributed by atoms with Crippen LogP contribution in [0, 0.1) is 0 Å². The Balaban J connectivity index is 2.45. The summed E-state index contributed by atoms with van der Waals surface area (Å²) in [6.45, 7) is 1.94. The van der Waals surface area contributed by atoms with Crippen LogP contribution in [0.25, 0.3) is 0 Å². The Morgan fingerprint density at radius 2 is 2.23 bits per heavy atom. The van der Waals surface area contributed by atoms with Crippen LogP contribution in [-0.4, -0.2) is 15.4 Å².